The Morgan fingerprint density at radius 1 is 1.15 bits per heavy atom. The van der Waals surface area contributed by atoms with Gasteiger partial charge in [-0.25, -0.2) is 9.37 Å². The van der Waals surface area contributed by atoms with Crippen LogP contribution in [-0.4, -0.2) is 47.5 Å². The highest BCUT2D eigenvalue weighted by Crippen LogP contribution is 2.35. The maximum absolute atomic E-state index is 14.6. The van der Waals surface area contributed by atoms with Crippen LogP contribution >= 0.6 is 0 Å². The summed E-state index contributed by atoms with van der Waals surface area (Å²) in [6, 6.07) is 8.44. The van der Waals surface area contributed by atoms with E-state index in [-0.39, 0.29) is 44.1 Å². The Kier molecular flexibility index (Phi) is 6.63. The Morgan fingerprint density at radius 3 is 2.38 bits per heavy atom. The van der Waals surface area contributed by atoms with Crippen molar-refractivity contribution in [1.82, 2.24) is 9.88 Å². The molecule has 2 saturated heterocycles. The van der Waals surface area contributed by atoms with Crippen molar-refractivity contribution in [1.29, 1.82) is 0 Å². The van der Waals surface area contributed by atoms with Gasteiger partial charge in [-0.05, 0) is 30.5 Å². The van der Waals surface area contributed by atoms with Gasteiger partial charge < -0.3 is 20.9 Å². The highest BCUT2D eigenvalue weighted by molar-refractivity contribution is 5.88. The molecule has 3 heterocycles. The molecule has 2 aliphatic heterocycles. The lowest BCUT2D eigenvalue weighted by Crippen LogP contribution is -2.39. The van der Waals surface area contributed by atoms with E-state index in [0.29, 0.717) is 24.5 Å². The molecular formula is C23H25F4N5O2. The Hall–Kier alpha value is -3.37. The summed E-state index contributed by atoms with van der Waals surface area (Å²) < 4.78 is 53.2. The topological polar surface area (TPSA) is 91.6 Å². The number of aromatic nitrogens is 1. The first kappa shape index (κ1) is 23.8. The van der Waals surface area contributed by atoms with Crippen molar-refractivity contribution >= 4 is 29.0 Å². The molecule has 2 aromatic rings. The molecule has 11 heteroatoms. The number of anilines is 3. The molecule has 182 valence electrons. The van der Waals surface area contributed by atoms with E-state index in [0.717, 1.165) is 5.56 Å². The first-order valence-corrected chi connectivity index (χ1v) is 11.0. The highest BCUT2D eigenvalue weighted by atomic mass is 19.4. The molecule has 0 saturated carbocycles. The third-order valence-electron chi connectivity index (χ3n) is 6.31. The number of likely N-dealkylation sites (tertiary alicyclic amines) is 1. The number of halogens is 4. The fourth-order valence-corrected chi connectivity index (χ4v) is 4.35. The smallest absolute Gasteiger partial charge is 0.369 e. The number of pyridine rings is 1. The molecule has 1 aromatic heterocycles. The number of hydrogen-bond acceptors (Lipinski definition) is 5. The zero-order valence-electron chi connectivity index (χ0n) is 18.3. The zero-order valence-corrected chi connectivity index (χ0v) is 18.3. The molecule has 0 spiro atoms. The largest absolute Gasteiger partial charge is 0.391 e. The van der Waals surface area contributed by atoms with Gasteiger partial charge in [0.2, 0.25) is 11.8 Å². The van der Waals surface area contributed by atoms with E-state index >= 15 is 0 Å². The number of benzene rings is 1. The molecule has 2 aliphatic rings. The summed E-state index contributed by atoms with van der Waals surface area (Å²) in [5, 5.41) is 3.04. The standard InChI is InChI=1S/C23H25F4N5O2/c24-19-10-18(11-29-22(19)31-7-5-16(6-8-31)23(25,26)27)30-17-3-1-14(2-4-17)12-32-13-15(21(28)34)9-20(32)33/h1-4,10-11,15-16,30H,5-9,12-13H2,(H2,28,34). The van der Waals surface area contributed by atoms with Gasteiger partial charge in [-0.15, -0.1) is 0 Å². The number of primary amides is 1. The minimum absolute atomic E-state index is 0.0473. The quantitative estimate of drug-likeness (QED) is 0.618. The number of piperidine rings is 1. The number of amides is 2. The maximum Gasteiger partial charge on any atom is 0.391 e. The van der Waals surface area contributed by atoms with E-state index in [1.165, 1.54) is 12.3 Å². The van der Waals surface area contributed by atoms with E-state index < -0.39 is 29.7 Å². The van der Waals surface area contributed by atoms with Crippen molar-refractivity contribution in [2.45, 2.75) is 32.0 Å². The predicted octanol–water partition coefficient (Wildman–Crippen LogP) is 3.58. The summed E-state index contributed by atoms with van der Waals surface area (Å²) in [6.07, 6.45) is -2.82. The van der Waals surface area contributed by atoms with Gasteiger partial charge in [0, 0.05) is 44.4 Å². The lowest BCUT2D eigenvalue weighted by atomic mass is 9.96. The second kappa shape index (κ2) is 9.47. The number of rotatable bonds is 6. The normalized spacial score (nSPS) is 19.5. The summed E-state index contributed by atoms with van der Waals surface area (Å²) >= 11 is 0. The van der Waals surface area contributed by atoms with Crippen LogP contribution in [0.2, 0.25) is 0 Å². The molecule has 3 N–H and O–H groups in total. The number of nitrogens with zero attached hydrogens (tertiary/aromatic N) is 3. The van der Waals surface area contributed by atoms with Crippen LogP contribution in [0.5, 0.6) is 0 Å². The average molecular weight is 479 g/mol. The molecule has 1 unspecified atom stereocenters. The Bertz CT molecular complexity index is 1050. The van der Waals surface area contributed by atoms with Crippen LogP contribution in [0.1, 0.15) is 24.8 Å². The van der Waals surface area contributed by atoms with Crippen molar-refractivity contribution in [3.63, 3.8) is 0 Å². The van der Waals surface area contributed by atoms with Gasteiger partial charge in [-0.1, -0.05) is 12.1 Å². The predicted molar refractivity (Wildman–Crippen MR) is 118 cm³/mol. The van der Waals surface area contributed by atoms with Gasteiger partial charge in [0.25, 0.3) is 0 Å². The summed E-state index contributed by atoms with van der Waals surface area (Å²) in [5.41, 5.74) is 7.23. The van der Waals surface area contributed by atoms with Crippen LogP contribution in [-0.2, 0) is 16.1 Å². The van der Waals surface area contributed by atoms with Crippen LogP contribution in [0.25, 0.3) is 0 Å². The number of carbonyl (C=O) groups is 2. The van der Waals surface area contributed by atoms with Gasteiger partial charge >= 0.3 is 6.18 Å². The van der Waals surface area contributed by atoms with Gasteiger partial charge in [-0.2, -0.15) is 13.2 Å². The first-order valence-electron chi connectivity index (χ1n) is 11.0. The summed E-state index contributed by atoms with van der Waals surface area (Å²) in [7, 11) is 0. The third kappa shape index (κ3) is 5.40. The minimum atomic E-state index is -4.22. The Balaban J connectivity index is 1.34. The molecule has 34 heavy (non-hydrogen) atoms. The first-order chi connectivity index (χ1) is 16.1. The van der Waals surface area contributed by atoms with Crippen LogP contribution < -0.4 is 16.0 Å². The van der Waals surface area contributed by atoms with Gasteiger partial charge in [0.05, 0.1) is 23.7 Å². The summed E-state index contributed by atoms with van der Waals surface area (Å²) in [4.78, 5) is 30.6. The van der Waals surface area contributed by atoms with Crippen LogP contribution in [0.15, 0.2) is 36.5 Å². The zero-order chi connectivity index (χ0) is 24.5. The van der Waals surface area contributed by atoms with Crippen LogP contribution in [0.3, 0.4) is 0 Å². The lowest BCUT2D eigenvalue weighted by Gasteiger charge is -2.33. The minimum Gasteiger partial charge on any atom is -0.369 e. The van der Waals surface area contributed by atoms with E-state index in [9.17, 15) is 27.2 Å². The molecule has 0 radical (unpaired) electrons. The second-order valence-corrected chi connectivity index (χ2v) is 8.73. The van der Waals surface area contributed by atoms with Crippen LogP contribution in [0.4, 0.5) is 34.8 Å². The fraction of sp³-hybridized carbons (Fsp3) is 0.435. The monoisotopic (exact) mass is 479 g/mol. The number of carbonyl (C=O) groups excluding carboxylic acids is 2. The molecule has 1 atom stereocenters. The van der Waals surface area contributed by atoms with Gasteiger partial charge in [0.1, 0.15) is 0 Å². The number of nitrogens with one attached hydrogen (secondary N) is 1. The van der Waals surface area contributed by atoms with Crippen LogP contribution in [0, 0.1) is 17.7 Å². The molecule has 2 fully saturated rings. The van der Waals surface area contributed by atoms with Gasteiger partial charge in [-0.3, -0.25) is 9.59 Å². The SMILES string of the molecule is NC(=O)C1CC(=O)N(Cc2ccc(Nc3cnc(N4CCC(C(F)(F)F)CC4)c(F)c3)cc2)C1. The van der Waals surface area contributed by atoms with E-state index in [2.05, 4.69) is 10.3 Å². The third-order valence-corrected chi connectivity index (χ3v) is 6.31. The van der Waals surface area contributed by atoms with Crippen molar-refractivity contribution in [3.8, 4) is 0 Å². The Morgan fingerprint density at radius 2 is 1.82 bits per heavy atom. The average Bonchev–Trinajstić information content (AvgIpc) is 3.15. The molecule has 2 amide bonds. The number of hydrogen-bond donors (Lipinski definition) is 2. The molecule has 7 nitrogen and oxygen atoms in total. The maximum atomic E-state index is 14.6. The second-order valence-electron chi connectivity index (χ2n) is 8.73. The van der Waals surface area contributed by atoms with Crippen molar-refractivity contribution in [2.24, 2.45) is 17.6 Å². The Labute approximate surface area is 193 Å². The fourth-order valence-electron chi connectivity index (χ4n) is 4.35. The van der Waals surface area contributed by atoms with Crippen molar-refractivity contribution < 1.29 is 27.2 Å². The van der Waals surface area contributed by atoms with E-state index in [4.69, 9.17) is 5.73 Å². The number of nitrogens with two attached hydrogens (primary N) is 1. The lowest BCUT2D eigenvalue weighted by molar-refractivity contribution is -0.179. The molecule has 0 bridgehead atoms. The molecule has 1 aromatic carbocycles. The van der Waals surface area contributed by atoms with E-state index in [1.807, 2.05) is 12.1 Å². The highest BCUT2D eigenvalue weighted by Gasteiger charge is 2.41. The summed E-state index contributed by atoms with van der Waals surface area (Å²) in [6.45, 7) is 0.863. The van der Waals surface area contributed by atoms with Crippen molar-refractivity contribution in [2.75, 3.05) is 29.9 Å². The van der Waals surface area contributed by atoms with E-state index in [1.54, 1.807) is 21.9 Å². The molecule has 0 aliphatic carbocycles. The molecular weight excluding hydrogens is 454 g/mol. The summed E-state index contributed by atoms with van der Waals surface area (Å²) in [5.74, 6) is -2.98. The van der Waals surface area contributed by atoms with Gasteiger partial charge in [0.15, 0.2) is 11.6 Å². The van der Waals surface area contributed by atoms with Crippen molar-refractivity contribution in [3.05, 3.63) is 47.9 Å². The molecule has 4 rings (SSSR count). The number of alkyl halides is 3.